The Morgan fingerprint density at radius 2 is 2.53 bits per heavy atom. The van der Waals surface area contributed by atoms with E-state index in [0.29, 0.717) is 0 Å². The molecule has 0 aliphatic carbocycles. The molecule has 4 heteroatoms. The lowest BCUT2D eigenvalue weighted by Gasteiger charge is -2.24. The fraction of sp³-hybridized carbons (Fsp3) is 0.615. The summed E-state index contributed by atoms with van der Waals surface area (Å²) in [6, 6.07) is 3.90. The molecule has 1 saturated heterocycles. The summed E-state index contributed by atoms with van der Waals surface area (Å²) in [6.45, 7) is 5.72. The van der Waals surface area contributed by atoms with Crippen molar-refractivity contribution >= 4 is 5.91 Å². The van der Waals surface area contributed by atoms with E-state index < -0.39 is 0 Å². The molecule has 1 aliphatic rings. The molecule has 1 amide bonds. The van der Waals surface area contributed by atoms with Crippen LogP contribution in [0.5, 0.6) is 0 Å². The van der Waals surface area contributed by atoms with Crippen LogP contribution in [0.1, 0.15) is 26.0 Å². The molecule has 1 aromatic heterocycles. The molecule has 17 heavy (non-hydrogen) atoms. The van der Waals surface area contributed by atoms with E-state index in [1.807, 2.05) is 26.0 Å². The quantitative estimate of drug-likeness (QED) is 0.829. The first-order valence-electron chi connectivity index (χ1n) is 6.14. The minimum absolute atomic E-state index is 0.103. The number of amides is 1. The van der Waals surface area contributed by atoms with E-state index >= 15 is 0 Å². The molecule has 1 aliphatic heterocycles. The molecule has 0 radical (unpaired) electrons. The van der Waals surface area contributed by atoms with Crippen LogP contribution in [0.4, 0.5) is 0 Å². The van der Waals surface area contributed by atoms with Gasteiger partial charge in [-0.1, -0.05) is 0 Å². The number of furan rings is 1. The van der Waals surface area contributed by atoms with Crippen molar-refractivity contribution in [2.75, 3.05) is 13.1 Å². The Balaban J connectivity index is 1.86. The molecule has 2 heterocycles. The van der Waals surface area contributed by atoms with Gasteiger partial charge < -0.3 is 15.1 Å². The normalized spacial score (nSPS) is 25.8. The van der Waals surface area contributed by atoms with Crippen molar-refractivity contribution in [2.24, 2.45) is 5.41 Å². The van der Waals surface area contributed by atoms with Crippen LogP contribution in [-0.2, 0) is 11.2 Å². The van der Waals surface area contributed by atoms with Crippen molar-refractivity contribution in [2.45, 2.75) is 32.7 Å². The summed E-state index contributed by atoms with van der Waals surface area (Å²) < 4.78 is 5.27. The van der Waals surface area contributed by atoms with Gasteiger partial charge in [-0.05, 0) is 38.9 Å². The van der Waals surface area contributed by atoms with Gasteiger partial charge >= 0.3 is 0 Å². The van der Waals surface area contributed by atoms with E-state index in [-0.39, 0.29) is 17.4 Å². The molecule has 0 spiro atoms. The van der Waals surface area contributed by atoms with Crippen LogP contribution in [0.3, 0.4) is 0 Å². The molecule has 0 saturated carbocycles. The van der Waals surface area contributed by atoms with E-state index in [1.54, 1.807) is 6.26 Å². The van der Waals surface area contributed by atoms with Crippen LogP contribution in [0, 0.1) is 5.41 Å². The van der Waals surface area contributed by atoms with Crippen molar-refractivity contribution in [3.63, 3.8) is 0 Å². The maximum atomic E-state index is 12.1. The molecular formula is C13H20N2O2. The molecule has 2 unspecified atom stereocenters. The largest absolute Gasteiger partial charge is 0.469 e. The van der Waals surface area contributed by atoms with Crippen molar-refractivity contribution in [3.05, 3.63) is 24.2 Å². The zero-order chi connectivity index (χ0) is 12.3. The van der Waals surface area contributed by atoms with E-state index in [4.69, 9.17) is 4.42 Å². The van der Waals surface area contributed by atoms with Gasteiger partial charge in [-0.25, -0.2) is 0 Å². The van der Waals surface area contributed by atoms with Gasteiger partial charge in [-0.3, -0.25) is 4.79 Å². The number of carbonyl (C=O) groups is 1. The van der Waals surface area contributed by atoms with E-state index in [2.05, 4.69) is 10.6 Å². The van der Waals surface area contributed by atoms with Gasteiger partial charge in [0.2, 0.25) is 5.91 Å². The van der Waals surface area contributed by atoms with E-state index in [0.717, 1.165) is 31.7 Å². The summed E-state index contributed by atoms with van der Waals surface area (Å²) in [5.41, 5.74) is -0.253. The predicted octanol–water partition coefficient (Wildman–Crippen LogP) is 1.33. The van der Waals surface area contributed by atoms with Crippen LogP contribution in [0.2, 0.25) is 0 Å². The van der Waals surface area contributed by atoms with E-state index in [9.17, 15) is 4.79 Å². The Bertz CT molecular complexity index is 367. The molecule has 2 rings (SSSR count). The van der Waals surface area contributed by atoms with Crippen LogP contribution >= 0.6 is 0 Å². The fourth-order valence-electron chi connectivity index (χ4n) is 2.19. The highest BCUT2D eigenvalue weighted by molar-refractivity contribution is 5.83. The maximum Gasteiger partial charge on any atom is 0.227 e. The Hall–Kier alpha value is -1.29. The van der Waals surface area contributed by atoms with Gasteiger partial charge in [0, 0.05) is 19.0 Å². The molecule has 4 nitrogen and oxygen atoms in total. The Kier molecular flexibility index (Phi) is 3.52. The molecule has 2 atom stereocenters. The standard InChI is InChI=1S/C13H20N2O2/c1-10(8-11-4-3-7-17-11)15-12(16)13(2)5-6-14-9-13/h3-4,7,10,14H,5-6,8-9H2,1-2H3,(H,15,16). The van der Waals surface area contributed by atoms with Crippen LogP contribution < -0.4 is 10.6 Å². The second-order valence-electron chi connectivity index (χ2n) is 5.15. The first-order chi connectivity index (χ1) is 8.10. The Labute approximate surface area is 102 Å². The van der Waals surface area contributed by atoms with Gasteiger partial charge in [-0.15, -0.1) is 0 Å². The summed E-state index contributed by atoms with van der Waals surface area (Å²) in [4.78, 5) is 12.1. The smallest absolute Gasteiger partial charge is 0.227 e. The Morgan fingerprint density at radius 1 is 1.71 bits per heavy atom. The van der Waals surface area contributed by atoms with Crippen molar-refractivity contribution in [3.8, 4) is 0 Å². The molecular weight excluding hydrogens is 216 g/mol. The SMILES string of the molecule is CC(Cc1ccco1)NC(=O)C1(C)CCNC1. The van der Waals surface area contributed by atoms with Crippen molar-refractivity contribution in [1.82, 2.24) is 10.6 Å². The summed E-state index contributed by atoms with van der Waals surface area (Å²) in [5, 5.41) is 6.29. The molecule has 1 aromatic rings. The third-order valence-electron chi connectivity index (χ3n) is 3.38. The lowest BCUT2D eigenvalue weighted by atomic mass is 9.88. The van der Waals surface area contributed by atoms with Crippen molar-refractivity contribution in [1.29, 1.82) is 0 Å². The first kappa shape index (κ1) is 12.2. The highest BCUT2D eigenvalue weighted by Crippen LogP contribution is 2.24. The second-order valence-corrected chi connectivity index (χ2v) is 5.15. The number of carbonyl (C=O) groups excluding carboxylic acids is 1. The lowest BCUT2D eigenvalue weighted by Crippen LogP contribution is -2.44. The Morgan fingerprint density at radius 3 is 3.12 bits per heavy atom. The summed E-state index contributed by atoms with van der Waals surface area (Å²) >= 11 is 0. The number of rotatable bonds is 4. The third kappa shape index (κ3) is 2.88. The minimum atomic E-state index is -0.253. The van der Waals surface area contributed by atoms with E-state index in [1.165, 1.54) is 0 Å². The molecule has 94 valence electrons. The van der Waals surface area contributed by atoms with Crippen LogP contribution in [-0.4, -0.2) is 25.0 Å². The van der Waals surface area contributed by atoms with Gasteiger partial charge in [0.05, 0.1) is 11.7 Å². The second kappa shape index (κ2) is 4.92. The lowest BCUT2D eigenvalue weighted by molar-refractivity contribution is -0.129. The van der Waals surface area contributed by atoms with Gasteiger partial charge in [0.25, 0.3) is 0 Å². The topological polar surface area (TPSA) is 54.3 Å². The van der Waals surface area contributed by atoms with Crippen molar-refractivity contribution < 1.29 is 9.21 Å². The third-order valence-corrected chi connectivity index (χ3v) is 3.38. The zero-order valence-electron chi connectivity index (χ0n) is 10.5. The number of hydrogen-bond donors (Lipinski definition) is 2. The average Bonchev–Trinajstić information content (AvgIpc) is 2.90. The first-order valence-corrected chi connectivity index (χ1v) is 6.14. The maximum absolute atomic E-state index is 12.1. The molecule has 1 fully saturated rings. The molecule has 2 N–H and O–H groups in total. The highest BCUT2D eigenvalue weighted by Gasteiger charge is 2.36. The summed E-state index contributed by atoms with van der Waals surface area (Å²) in [7, 11) is 0. The van der Waals surface area contributed by atoms with Gasteiger partial charge in [-0.2, -0.15) is 0 Å². The predicted molar refractivity (Wildman–Crippen MR) is 65.6 cm³/mol. The molecule has 0 bridgehead atoms. The number of nitrogens with one attached hydrogen (secondary N) is 2. The fourth-order valence-corrected chi connectivity index (χ4v) is 2.19. The highest BCUT2D eigenvalue weighted by atomic mass is 16.3. The van der Waals surface area contributed by atoms with Crippen LogP contribution in [0.25, 0.3) is 0 Å². The minimum Gasteiger partial charge on any atom is -0.469 e. The summed E-state index contributed by atoms with van der Waals surface area (Å²) in [5.74, 6) is 1.05. The monoisotopic (exact) mass is 236 g/mol. The van der Waals surface area contributed by atoms with Gasteiger partial charge in [0.1, 0.15) is 5.76 Å². The average molecular weight is 236 g/mol. The molecule has 0 aromatic carbocycles. The zero-order valence-corrected chi connectivity index (χ0v) is 10.5. The number of hydrogen-bond acceptors (Lipinski definition) is 3. The van der Waals surface area contributed by atoms with Gasteiger partial charge in [0.15, 0.2) is 0 Å². The summed E-state index contributed by atoms with van der Waals surface area (Å²) in [6.07, 6.45) is 3.31. The van der Waals surface area contributed by atoms with Crippen LogP contribution in [0.15, 0.2) is 22.8 Å².